The maximum absolute atomic E-state index is 12.8. The lowest BCUT2D eigenvalue weighted by atomic mass is 10.1. The van der Waals surface area contributed by atoms with Gasteiger partial charge in [0.05, 0.1) is 17.8 Å². The zero-order valence-electron chi connectivity index (χ0n) is 18.6. The summed E-state index contributed by atoms with van der Waals surface area (Å²) in [5.41, 5.74) is 2.73. The third kappa shape index (κ3) is 5.62. The standard InChI is InChI=1S/C23H32N4O3/c1-16-20(17(2)27(25-16)15-18-9-7-6-8-10-18)21(28)24-13-14-26(19-11-12-19)22(29)30-23(3,4)5/h6-10,19H,11-15H2,1-5H3,(H,24,28). The molecule has 1 heterocycles. The van der Waals surface area contributed by atoms with Crippen LogP contribution in [0.3, 0.4) is 0 Å². The first-order valence-electron chi connectivity index (χ1n) is 10.5. The van der Waals surface area contributed by atoms with Gasteiger partial charge in [-0.2, -0.15) is 5.10 Å². The Bertz CT molecular complexity index is 895. The van der Waals surface area contributed by atoms with E-state index in [2.05, 4.69) is 10.4 Å². The molecule has 2 amide bonds. The highest BCUT2D eigenvalue weighted by atomic mass is 16.6. The molecule has 0 radical (unpaired) electrons. The summed E-state index contributed by atoms with van der Waals surface area (Å²) in [5.74, 6) is -0.163. The van der Waals surface area contributed by atoms with E-state index in [9.17, 15) is 9.59 Å². The van der Waals surface area contributed by atoms with Crippen molar-refractivity contribution in [2.24, 2.45) is 0 Å². The highest BCUT2D eigenvalue weighted by Crippen LogP contribution is 2.28. The van der Waals surface area contributed by atoms with Gasteiger partial charge >= 0.3 is 6.09 Å². The Kier molecular flexibility index (Phi) is 6.48. The summed E-state index contributed by atoms with van der Waals surface area (Å²) in [6, 6.07) is 10.3. The molecule has 0 aliphatic heterocycles. The number of aromatic nitrogens is 2. The van der Waals surface area contributed by atoms with Gasteiger partial charge in [-0.1, -0.05) is 30.3 Å². The summed E-state index contributed by atoms with van der Waals surface area (Å²) in [5, 5.41) is 7.49. The van der Waals surface area contributed by atoms with Crippen molar-refractivity contribution >= 4 is 12.0 Å². The fourth-order valence-electron chi connectivity index (χ4n) is 3.44. The number of aryl methyl sites for hydroxylation is 1. The Morgan fingerprint density at radius 2 is 1.87 bits per heavy atom. The highest BCUT2D eigenvalue weighted by Gasteiger charge is 2.35. The van der Waals surface area contributed by atoms with Crippen LogP contribution < -0.4 is 5.32 Å². The van der Waals surface area contributed by atoms with Crippen molar-refractivity contribution in [1.29, 1.82) is 0 Å². The van der Waals surface area contributed by atoms with Crippen LogP contribution in [0.2, 0.25) is 0 Å². The molecule has 1 N–H and O–H groups in total. The summed E-state index contributed by atoms with van der Waals surface area (Å²) in [6.07, 6.45) is 1.65. The van der Waals surface area contributed by atoms with Crippen LogP contribution in [-0.2, 0) is 11.3 Å². The Labute approximate surface area is 178 Å². The minimum atomic E-state index is -0.533. The number of ether oxygens (including phenoxy) is 1. The summed E-state index contributed by atoms with van der Waals surface area (Å²) < 4.78 is 7.36. The molecule has 1 aliphatic carbocycles. The molecule has 2 aromatic rings. The molecule has 1 saturated carbocycles. The average molecular weight is 413 g/mol. The number of carbonyl (C=O) groups is 2. The van der Waals surface area contributed by atoms with Crippen molar-refractivity contribution in [2.45, 2.75) is 65.6 Å². The normalized spacial score (nSPS) is 13.8. The first kappa shape index (κ1) is 21.9. The SMILES string of the molecule is Cc1nn(Cc2ccccc2)c(C)c1C(=O)NCCN(C(=O)OC(C)(C)C)C1CC1. The number of benzene rings is 1. The van der Waals surface area contributed by atoms with Gasteiger partial charge in [0.25, 0.3) is 5.91 Å². The van der Waals surface area contributed by atoms with Crippen LogP contribution in [0.4, 0.5) is 4.79 Å². The van der Waals surface area contributed by atoms with E-state index in [0.29, 0.717) is 30.9 Å². The van der Waals surface area contributed by atoms with Crippen LogP contribution in [0.25, 0.3) is 0 Å². The predicted molar refractivity (Wildman–Crippen MR) is 116 cm³/mol. The molecule has 162 valence electrons. The number of hydrogen-bond donors (Lipinski definition) is 1. The summed E-state index contributed by atoms with van der Waals surface area (Å²) in [4.78, 5) is 27.0. The molecule has 1 aromatic heterocycles. The number of nitrogens with one attached hydrogen (secondary N) is 1. The van der Waals surface area contributed by atoms with Gasteiger partial charge in [-0.15, -0.1) is 0 Å². The van der Waals surface area contributed by atoms with Crippen molar-refractivity contribution < 1.29 is 14.3 Å². The predicted octanol–water partition coefficient (Wildman–Crippen LogP) is 3.68. The second-order valence-corrected chi connectivity index (χ2v) is 8.85. The van der Waals surface area contributed by atoms with E-state index in [-0.39, 0.29) is 18.0 Å². The fourth-order valence-corrected chi connectivity index (χ4v) is 3.44. The Balaban J connectivity index is 1.60. The largest absolute Gasteiger partial charge is 0.444 e. The minimum Gasteiger partial charge on any atom is -0.444 e. The van der Waals surface area contributed by atoms with E-state index in [4.69, 9.17) is 4.74 Å². The third-order valence-electron chi connectivity index (χ3n) is 5.04. The number of amides is 2. The van der Waals surface area contributed by atoms with Gasteiger partial charge in [0.15, 0.2) is 0 Å². The van der Waals surface area contributed by atoms with Crippen LogP contribution >= 0.6 is 0 Å². The van der Waals surface area contributed by atoms with Crippen LogP contribution in [0.5, 0.6) is 0 Å². The maximum atomic E-state index is 12.8. The molecule has 0 atom stereocenters. The zero-order valence-corrected chi connectivity index (χ0v) is 18.6. The lowest BCUT2D eigenvalue weighted by Gasteiger charge is -2.27. The second kappa shape index (κ2) is 8.90. The van der Waals surface area contributed by atoms with Crippen molar-refractivity contribution in [3.8, 4) is 0 Å². The third-order valence-corrected chi connectivity index (χ3v) is 5.04. The Hall–Kier alpha value is -2.83. The Morgan fingerprint density at radius 1 is 1.20 bits per heavy atom. The number of hydrogen-bond acceptors (Lipinski definition) is 4. The summed E-state index contributed by atoms with van der Waals surface area (Å²) in [7, 11) is 0. The van der Waals surface area contributed by atoms with E-state index in [1.54, 1.807) is 4.90 Å². The minimum absolute atomic E-state index is 0.163. The summed E-state index contributed by atoms with van der Waals surface area (Å²) >= 11 is 0. The number of nitrogens with zero attached hydrogens (tertiary/aromatic N) is 3. The number of rotatable bonds is 7. The highest BCUT2D eigenvalue weighted by molar-refractivity contribution is 5.96. The molecule has 30 heavy (non-hydrogen) atoms. The molecule has 0 saturated heterocycles. The maximum Gasteiger partial charge on any atom is 0.410 e. The van der Waals surface area contributed by atoms with E-state index < -0.39 is 5.60 Å². The van der Waals surface area contributed by atoms with Gasteiger partial charge in [-0.3, -0.25) is 9.48 Å². The van der Waals surface area contributed by atoms with Crippen LogP contribution in [0.15, 0.2) is 30.3 Å². The summed E-state index contributed by atoms with van der Waals surface area (Å²) in [6.45, 7) is 10.8. The van der Waals surface area contributed by atoms with E-state index in [0.717, 1.165) is 24.1 Å². The molecule has 0 bridgehead atoms. The van der Waals surface area contributed by atoms with Gasteiger partial charge in [-0.25, -0.2) is 4.79 Å². The van der Waals surface area contributed by atoms with E-state index >= 15 is 0 Å². The molecule has 0 spiro atoms. The second-order valence-electron chi connectivity index (χ2n) is 8.85. The molecule has 7 heteroatoms. The van der Waals surface area contributed by atoms with Gasteiger partial charge in [0.2, 0.25) is 0 Å². The van der Waals surface area contributed by atoms with E-state index in [1.807, 2.05) is 69.6 Å². The van der Waals surface area contributed by atoms with Gasteiger partial charge in [0.1, 0.15) is 5.60 Å². The molecular weight excluding hydrogens is 380 g/mol. The average Bonchev–Trinajstić information content (AvgIpc) is 3.44. The first-order valence-corrected chi connectivity index (χ1v) is 10.5. The van der Waals surface area contributed by atoms with Gasteiger partial charge in [-0.05, 0) is 53.0 Å². The molecule has 7 nitrogen and oxygen atoms in total. The Morgan fingerprint density at radius 3 is 2.47 bits per heavy atom. The molecule has 1 aromatic carbocycles. The van der Waals surface area contributed by atoms with Crippen LogP contribution in [-0.4, -0.2) is 51.4 Å². The lowest BCUT2D eigenvalue weighted by molar-refractivity contribution is 0.0234. The smallest absolute Gasteiger partial charge is 0.410 e. The van der Waals surface area contributed by atoms with Crippen LogP contribution in [0, 0.1) is 13.8 Å². The molecular formula is C23H32N4O3. The monoisotopic (exact) mass is 412 g/mol. The van der Waals surface area contributed by atoms with Crippen molar-refractivity contribution in [2.75, 3.05) is 13.1 Å². The molecule has 1 fully saturated rings. The molecule has 0 unspecified atom stereocenters. The van der Waals surface area contributed by atoms with E-state index in [1.165, 1.54) is 0 Å². The van der Waals surface area contributed by atoms with Gasteiger partial charge < -0.3 is 15.0 Å². The first-order chi connectivity index (χ1) is 14.2. The van der Waals surface area contributed by atoms with Crippen LogP contribution in [0.1, 0.15) is 60.9 Å². The van der Waals surface area contributed by atoms with Crippen molar-refractivity contribution in [3.63, 3.8) is 0 Å². The van der Waals surface area contributed by atoms with Gasteiger partial charge in [0, 0.05) is 24.8 Å². The topological polar surface area (TPSA) is 76.5 Å². The fraction of sp³-hybridized carbons (Fsp3) is 0.522. The molecule has 1 aliphatic rings. The lowest BCUT2D eigenvalue weighted by Crippen LogP contribution is -2.42. The van der Waals surface area contributed by atoms with Crippen molar-refractivity contribution in [1.82, 2.24) is 20.0 Å². The van der Waals surface area contributed by atoms with Crippen molar-refractivity contribution in [3.05, 3.63) is 52.8 Å². The molecule has 3 rings (SSSR count). The quantitative estimate of drug-likeness (QED) is 0.753. The number of carbonyl (C=O) groups excluding carboxylic acids is 2. The zero-order chi connectivity index (χ0) is 21.9.